The normalized spacial score (nSPS) is 18.2. The molecule has 1 aliphatic heterocycles. The fraction of sp³-hybridized carbons (Fsp3) is 0.214. The van der Waals surface area contributed by atoms with Crippen LogP contribution in [0.3, 0.4) is 0 Å². The third-order valence-corrected chi connectivity index (χ3v) is 3.24. The van der Waals surface area contributed by atoms with Crippen LogP contribution in [0, 0.1) is 0 Å². The van der Waals surface area contributed by atoms with E-state index in [1.807, 2.05) is 12.1 Å². The standard InChI is InChI=1S/C14H11F3N4/c15-14(16,17)11-2-1-3-12(8-11)21-13(9-19-20-21)10-4-6-18-7-5-10/h1-8,13H,9H2. The summed E-state index contributed by atoms with van der Waals surface area (Å²) in [5.74, 6) is 0. The minimum Gasteiger partial charge on any atom is -0.265 e. The van der Waals surface area contributed by atoms with Gasteiger partial charge in [-0.25, -0.2) is 5.01 Å². The van der Waals surface area contributed by atoms with Crippen molar-refractivity contribution in [1.82, 2.24) is 4.98 Å². The Morgan fingerprint density at radius 1 is 1.10 bits per heavy atom. The lowest BCUT2D eigenvalue weighted by molar-refractivity contribution is -0.137. The van der Waals surface area contributed by atoms with E-state index in [0.29, 0.717) is 12.2 Å². The van der Waals surface area contributed by atoms with Gasteiger partial charge in [-0.05, 0) is 35.9 Å². The third kappa shape index (κ3) is 2.72. The van der Waals surface area contributed by atoms with Gasteiger partial charge in [0.05, 0.1) is 17.8 Å². The smallest absolute Gasteiger partial charge is 0.265 e. The molecule has 1 atom stereocenters. The van der Waals surface area contributed by atoms with Gasteiger partial charge in [-0.1, -0.05) is 11.3 Å². The molecule has 2 heterocycles. The monoisotopic (exact) mass is 292 g/mol. The molecule has 7 heteroatoms. The highest BCUT2D eigenvalue weighted by Crippen LogP contribution is 2.36. The van der Waals surface area contributed by atoms with Crippen LogP contribution in [0.4, 0.5) is 18.9 Å². The second kappa shape index (κ2) is 5.16. The molecule has 0 N–H and O–H groups in total. The number of rotatable bonds is 2. The molecule has 0 bridgehead atoms. The molecule has 0 fully saturated rings. The predicted molar refractivity (Wildman–Crippen MR) is 70.6 cm³/mol. The molecule has 0 amide bonds. The number of halogens is 3. The SMILES string of the molecule is FC(F)(F)c1cccc(N2N=NCC2c2ccncc2)c1. The summed E-state index contributed by atoms with van der Waals surface area (Å²) in [6.45, 7) is 0.403. The molecular weight excluding hydrogens is 281 g/mol. The van der Waals surface area contributed by atoms with Gasteiger partial charge in [0, 0.05) is 12.4 Å². The lowest BCUT2D eigenvalue weighted by Crippen LogP contribution is -2.21. The molecular formula is C14H11F3N4. The Morgan fingerprint density at radius 3 is 2.57 bits per heavy atom. The van der Waals surface area contributed by atoms with Crippen molar-refractivity contribution in [3.8, 4) is 0 Å². The topological polar surface area (TPSA) is 40.9 Å². The van der Waals surface area contributed by atoms with Crippen molar-refractivity contribution in [1.29, 1.82) is 0 Å². The van der Waals surface area contributed by atoms with Crippen LogP contribution in [-0.2, 0) is 6.18 Å². The van der Waals surface area contributed by atoms with Crippen molar-refractivity contribution in [2.24, 2.45) is 10.3 Å². The van der Waals surface area contributed by atoms with Gasteiger partial charge in [-0.15, -0.1) is 0 Å². The summed E-state index contributed by atoms with van der Waals surface area (Å²) < 4.78 is 38.4. The first kappa shape index (κ1) is 13.5. The molecule has 2 aromatic rings. The highest BCUT2D eigenvalue weighted by Gasteiger charge is 2.32. The molecule has 21 heavy (non-hydrogen) atoms. The lowest BCUT2D eigenvalue weighted by Gasteiger charge is -2.22. The Kier molecular flexibility index (Phi) is 3.32. The van der Waals surface area contributed by atoms with Gasteiger partial charge in [-0.3, -0.25) is 4.98 Å². The van der Waals surface area contributed by atoms with E-state index in [0.717, 1.165) is 17.7 Å². The van der Waals surface area contributed by atoms with Gasteiger partial charge in [0.15, 0.2) is 0 Å². The van der Waals surface area contributed by atoms with Crippen molar-refractivity contribution in [2.45, 2.75) is 12.2 Å². The van der Waals surface area contributed by atoms with Crippen molar-refractivity contribution >= 4 is 5.69 Å². The highest BCUT2D eigenvalue weighted by molar-refractivity contribution is 5.51. The maximum absolute atomic E-state index is 12.8. The molecule has 4 nitrogen and oxygen atoms in total. The summed E-state index contributed by atoms with van der Waals surface area (Å²) in [4.78, 5) is 3.93. The average molecular weight is 292 g/mol. The third-order valence-electron chi connectivity index (χ3n) is 3.24. The summed E-state index contributed by atoms with van der Waals surface area (Å²) in [5, 5.41) is 9.40. The van der Waals surface area contributed by atoms with Gasteiger partial charge in [0.2, 0.25) is 0 Å². The summed E-state index contributed by atoms with van der Waals surface area (Å²) in [7, 11) is 0. The first-order valence-corrected chi connectivity index (χ1v) is 6.29. The molecule has 108 valence electrons. The van der Waals surface area contributed by atoms with Crippen LogP contribution in [-0.4, -0.2) is 11.5 Å². The van der Waals surface area contributed by atoms with Crippen LogP contribution in [0.25, 0.3) is 0 Å². The van der Waals surface area contributed by atoms with E-state index < -0.39 is 11.7 Å². The molecule has 0 radical (unpaired) electrons. The van der Waals surface area contributed by atoms with Crippen molar-refractivity contribution < 1.29 is 13.2 Å². The van der Waals surface area contributed by atoms with E-state index in [9.17, 15) is 13.2 Å². The highest BCUT2D eigenvalue weighted by atomic mass is 19.4. The molecule has 1 aromatic carbocycles. The lowest BCUT2D eigenvalue weighted by atomic mass is 10.1. The van der Waals surface area contributed by atoms with Crippen LogP contribution in [0.15, 0.2) is 59.1 Å². The summed E-state index contributed by atoms with van der Waals surface area (Å²) in [6.07, 6.45) is -1.10. The van der Waals surface area contributed by atoms with Gasteiger partial charge >= 0.3 is 6.18 Å². The Morgan fingerprint density at radius 2 is 1.86 bits per heavy atom. The van der Waals surface area contributed by atoms with E-state index >= 15 is 0 Å². The Bertz CT molecular complexity index is 655. The van der Waals surface area contributed by atoms with E-state index in [-0.39, 0.29) is 6.04 Å². The van der Waals surface area contributed by atoms with Crippen LogP contribution in [0.1, 0.15) is 17.2 Å². The number of nitrogens with zero attached hydrogens (tertiary/aromatic N) is 4. The minimum absolute atomic E-state index is 0.212. The van der Waals surface area contributed by atoms with Crippen molar-refractivity contribution in [2.75, 3.05) is 11.6 Å². The summed E-state index contributed by atoms with van der Waals surface area (Å²) >= 11 is 0. The molecule has 0 spiro atoms. The van der Waals surface area contributed by atoms with Gasteiger partial charge in [0.25, 0.3) is 0 Å². The second-order valence-electron chi connectivity index (χ2n) is 4.60. The van der Waals surface area contributed by atoms with Crippen LogP contribution in [0.2, 0.25) is 0 Å². The largest absolute Gasteiger partial charge is 0.416 e. The molecule has 3 rings (SSSR count). The predicted octanol–water partition coefficient (Wildman–Crippen LogP) is 4.03. The average Bonchev–Trinajstić information content (AvgIpc) is 2.97. The Balaban J connectivity index is 1.94. The zero-order chi connectivity index (χ0) is 14.9. The summed E-state index contributed by atoms with van der Waals surface area (Å²) in [6, 6.07) is 8.49. The molecule has 1 aliphatic rings. The summed E-state index contributed by atoms with van der Waals surface area (Å²) in [5.41, 5.74) is 0.580. The first-order chi connectivity index (χ1) is 10.1. The number of hydrogen-bond donors (Lipinski definition) is 0. The molecule has 0 saturated heterocycles. The quantitative estimate of drug-likeness (QED) is 0.838. The molecule has 0 saturated carbocycles. The number of aromatic nitrogens is 1. The zero-order valence-electron chi connectivity index (χ0n) is 10.8. The van der Waals surface area contributed by atoms with Gasteiger partial charge in [0.1, 0.15) is 6.04 Å². The molecule has 1 unspecified atom stereocenters. The first-order valence-electron chi connectivity index (χ1n) is 6.29. The maximum Gasteiger partial charge on any atom is 0.416 e. The van der Waals surface area contributed by atoms with Crippen molar-refractivity contribution in [3.63, 3.8) is 0 Å². The number of anilines is 1. The molecule has 0 aliphatic carbocycles. The van der Waals surface area contributed by atoms with Crippen LogP contribution < -0.4 is 5.01 Å². The van der Waals surface area contributed by atoms with Gasteiger partial charge < -0.3 is 0 Å². The minimum atomic E-state index is -4.38. The number of alkyl halides is 3. The zero-order valence-corrected chi connectivity index (χ0v) is 10.8. The Labute approximate surface area is 118 Å². The fourth-order valence-electron chi connectivity index (χ4n) is 2.21. The van der Waals surface area contributed by atoms with E-state index in [1.54, 1.807) is 18.5 Å². The second-order valence-corrected chi connectivity index (χ2v) is 4.60. The van der Waals surface area contributed by atoms with E-state index in [4.69, 9.17) is 0 Å². The number of benzene rings is 1. The van der Waals surface area contributed by atoms with Crippen molar-refractivity contribution in [3.05, 3.63) is 59.9 Å². The number of hydrogen-bond acceptors (Lipinski definition) is 4. The molecule has 1 aromatic heterocycles. The van der Waals surface area contributed by atoms with Crippen LogP contribution in [0.5, 0.6) is 0 Å². The van der Waals surface area contributed by atoms with Gasteiger partial charge in [-0.2, -0.15) is 18.3 Å². The van der Waals surface area contributed by atoms with E-state index in [2.05, 4.69) is 15.3 Å². The van der Waals surface area contributed by atoms with E-state index in [1.165, 1.54) is 11.1 Å². The number of pyridine rings is 1. The van der Waals surface area contributed by atoms with Crippen LogP contribution >= 0.6 is 0 Å². The fourth-order valence-corrected chi connectivity index (χ4v) is 2.21. The maximum atomic E-state index is 12.8. The Hall–Kier alpha value is -2.44.